The minimum absolute atomic E-state index is 0.191. The number of aromatic nitrogens is 2. The smallest absolute Gasteiger partial charge is 0.135 e. The first-order valence-electron chi connectivity index (χ1n) is 7.13. The van der Waals surface area contributed by atoms with Crippen LogP contribution in [0.3, 0.4) is 0 Å². The second-order valence-corrected chi connectivity index (χ2v) is 5.72. The molecule has 0 spiro atoms. The maximum atomic E-state index is 6.10. The standard InChI is InChI=1S/C15H19N3OS/c1-2-16-15-13(17-18-20-15)10-19-14-9-5-7-11-6-3-4-8-12(11)14/h3-4,6,8,14,16H,2,5,7,9-10H2,1H3. The predicted octanol–water partition coefficient (Wildman–Crippen LogP) is 3.56. The highest BCUT2D eigenvalue weighted by Crippen LogP contribution is 2.33. The van der Waals surface area contributed by atoms with Crippen molar-refractivity contribution < 1.29 is 4.74 Å². The summed E-state index contributed by atoms with van der Waals surface area (Å²) in [4.78, 5) is 0. The van der Waals surface area contributed by atoms with Crippen LogP contribution in [-0.4, -0.2) is 16.1 Å². The van der Waals surface area contributed by atoms with Crippen LogP contribution in [0.4, 0.5) is 5.00 Å². The van der Waals surface area contributed by atoms with Gasteiger partial charge in [-0.1, -0.05) is 28.8 Å². The second kappa shape index (κ2) is 6.33. The van der Waals surface area contributed by atoms with E-state index in [1.807, 2.05) is 0 Å². The van der Waals surface area contributed by atoms with Crippen molar-refractivity contribution in [3.05, 3.63) is 41.1 Å². The van der Waals surface area contributed by atoms with Gasteiger partial charge in [-0.3, -0.25) is 0 Å². The summed E-state index contributed by atoms with van der Waals surface area (Å²) in [6.45, 7) is 3.47. The quantitative estimate of drug-likeness (QED) is 0.914. The lowest BCUT2D eigenvalue weighted by Gasteiger charge is -2.25. The van der Waals surface area contributed by atoms with Crippen molar-refractivity contribution in [1.29, 1.82) is 0 Å². The van der Waals surface area contributed by atoms with E-state index in [9.17, 15) is 0 Å². The number of anilines is 1. The summed E-state index contributed by atoms with van der Waals surface area (Å²) in [5.74, 6) is 0. The van der Waals surface area contributed by atoms with Gasteiger partial charge in [-0.2, -0.15) is 0 Å². The average Bonchev–Trinajstić information content (AvgIpc) is 2.93. The Balaban J connectivity index is 1.69. The summed E-state index contributed by atoms with van der Waals surface area (Å²) < 4.78 is 10.1. The van der Waals surface area contributed by atoms with Gasteiger partial charge in [0.2, 0.25) is 0 Å². The molecule has 1 heterocycles. The zero-order valence-corrected chi connectivity index (χ0v) is 12.4. The zero-order chi connectivity index (χ0) is 13.8. The van der Waals surface area contributed by atoms with Crippen molar-refractivity contribution in [2.45, 2.75) is 38.9 Å². The lowest BCUT2D eigenvalue weighted by Crippen LogP contribution is -2.13. The van der Waals surface area contributed by atoms with Gasteiger partial charge in [0.05, 0.1) is 12.7 Å². The summed E-state index contributed by atoms with van der Waals surface area (Å²) >= 11 is 1.39. The molecule has 4 nitrogen and oxygen atoms in total. The van der Waals surface area contributed by atoms with Crippen LogP contribution in [0.5, 0.6) is 0 Å². The van der Waals surface area contributed by atoms with Crippen LogP contribution in [0.15, 0.2) is 24.3 Å². The van der Waals surface area contributed by atoms with E-state index in [2.05, 4.69) is 46.1 Å². The van der Waals surface area contributed by atoms with Gasteiger partial charge in [0.15, 0.2) is 0 Å². The lowest BCUT2D eigenvalue weighted by atomic mass is 9.89. The Bertz CT molecular complexity index is 570. The van der Waals surface area contributed by atoms with E-state index in [4.69, 9.17) is 4.74 Å². The SMILES string of the molecule is CCNc1snnc1COC1CCCc2ccccc21. The number of nitrogens with one attached hydrogen (secondary N) is 1. The molecule has 1 aromatic carbocycles. The molecule has 0 radical (unpaired) electrons. The van der Waals surface area contributed by atoms with Gasteiger partial charge < -0.3 is 10.1 Å². The largest absolute Gasteiger partial charge is 0.374 e. The van der Waals surface area contributed by atoms with Gasteiger partial charge in [0.1, 0.15) is 10.7 Å². The van der Waals surface area contributed by atoms with Gasteiger partial charge in [0, 0.05) is 18.1 Å². The summed E-state index contributed by atoms with van der Waals surface area (Å²) in [5, 5.41) is 8.46. The van der Waals surface area contributed by atoms with Gasteiger partial charge in [-0.15, -0.1) is 5.10 Å². The van der Waals surface area contributed by atoms with Gasteiger partial charge in [0.25, 0.3) is 0 Å². The molecule has 106 valence electrons. The highest BCUT2D eigenvalue weighted by molar-refractivity contribution is 7.10. The summed E-state index contributed by atoms with van der Waals surface area (Å²) in [7, 11) is 0. The average molecular weight is 289 g/mol. The van der Waals surface area contributed by atoms with Crippen LogP contribution in [0.2, 0.25) is 0 Å². The Morgan fingerprint density at radius 1 is 1.40 bits per heavy atom. The normalized spacial score (nSPS) is 17.8. The molecule has 0 amide bonds. The zero-order valence-electron chi connectivity index (χ0n) is 11.6. The Morgan fingerprint density at radius 3 is 3.20 bits per heavy atom. The Hall–Kier alpha value is -1.46. The molecule has 0 bridgehead atoms. The first-order chi connectivity index (χ1) is 9.88. The van der Waals surface area contributed by atoms with Gasteiger partial charge >= 0.3 is 0 Å². The van der Waals surface area contributed by atoms with Crippen LogP contribution in [0.1, 0.15) is 42.7 Å². The van der Waals surface area contributed by atoms with Crippen molar-refractivity contribution in [2.75, 3.05) is 11.9 Å². The summed E-state index contributed by atoms with van der Waals surface area (Å²) in [6, 6.07) is 8.59. The minimum atomic E-state index is 0.191. The number of rotatable bonds is 5. The highest BCUT2D eigenvalue weighted by Gasteiger charge is 2.21. The molecule has 1 unspecified atom stereocenters. The van der Waals surface area contributed by atoms with Crippen molar-refractivity contribution in [1.82, 2.24) is 9.59 Å². The Morgan fingerprint density at radius 2 is 2.30 bits per heavy atom. The molecule has 1 N–H and O–H groups in total. The molecule has 3 rings (SSSR count). The molecular formula is C15H19N3OS. The lowest BCUT2D eigenvalue weighted by molar-refractivity contribution is 0.0267. The molecule has 1 aliphatic rings. The monoisotopic (exact) mass is 289 g/mol. The Labute approximate surface area is 123 Å². The van der Waals surface area contributed by atoms with Crippen molar-refractivity contribution >= 4 is 16.5 Å². The predicted molar refractivity (Wildman–Crippen MR) is 81.0 cm³/mol. The van der Waals surface area contributed by atoms with Crippen LogP contribution in [0.25, 0.3) is 0 Å². The van der Waals surface area contributed by atoms with E-state index in [-0.39, 0.29) is 6.10 Å². The van der Waals surface area contributed by atoms with E-state index < -0.39 is 0 Å². The van der Waals surface area contributed by atoms with Gasteiger partial charge in [-0.05, 0) is 37.3 Å². The summed E-state index contributed by atoms with van der Waals surface area (Å²) in [5.41, 5.74) is 3.68. The maximum absolute atomic E-state index is 6.10. The first kappa shape index (κ1) is 13.5. The third-order valence-electron chi connectivity index (χ3n) is 3.63. The number of fused-ring (bicyclic) bond motifs is 1. The fourth-order valence-corrected chi connectivity index (χ4v) is 3.29. The molecule has 1 aliphatic carbocycles. The molecular weight excluding hydrogens is 270 g/mol. The van der Waals surface area contributed by atoms with Crippen molar-refractivity contribution in [3.8, 4) is 0 Å². The molecule has 0 saturated carbocycles. The third kappa shape index (κ3) is 2.83. The number of hydrogen-bond acceptors (Lipinski definition) is 5. The molecule has 0 saturated heterocycles. The van der Waals surface area contributed by atoms with Crippen LogP contribution >= 0.6 is 11.5 Å². The molecule has 5 heteroatoms. The van der Waals surface area contributed by atoms with E-state index in [0.29, 0.717) is 6.61 Å². The number of aryl methyl sites for hydroxylation is 1. The van der Waals surface area contributed by atoms with E-state index in [1.165, 1.54) is 29.1 Å². The van der Waals surface area contributed by atoms with Crippen LogP contribution < -0.4 is 5.32 Å². The fraction of sp³-hybridized carbons (Fsp3) is 0.467. The topological polar surface area (TPSA) is 47.0 Å². The maximum Gasteiger partial charge on any atom is 0.135 e. The van der Waals surface area contributed by atoms with Crippen LogP contribution in [0, 0.1) is 0 Å². The molecule has 1 aromatic heterocycles. The van der Waals surface area contributed by atoms with E-state index in [0.717, 1.165) is 30.1 Å². The van der Waals surface area contributed by atoms with Crippen LogP contribution in [-0.2, 0) is 17.8 Å². The molecule has 1 atom stereocenters. The Kier molecular flexibility index (Phi) is 4.28. The third-order valence-corrected chi connectivity index (χ3v) is 4.35. The number of ether oxygens (including phenoxy) is 1. The van der Waals surface area contributed by atoms with E-state index in [1.54, 1.807) is 0 Å². The molecule has 0 aliphatic heterocycles. The molecule has 0 fully saturated rings. The van der Waals surface area contributed by atoms with Crippen molar-refractivity contribution in [2.24, 2.45) is 0 Å². The molecule has 2 aromatic rings. The van der Waals surface area contributed by atoms with E-state index >= 15 is 0 Å². The minimum Gasteiger partial charge on any atom is -0.374 e. The fourth-order valence-electron chi connectivity index (χ4n) is 2.66. The van der Waals surface area contributed by atoms with Crippen molar-refractivity contribution in [3.63, 3.8) is 0 Å². The number of hydrogen-bond donors (Lipinski definition) is 1. The highest BCUT2D eigenvalue weighted by atomic mass is 32.1. The number of benzene rings is 1. The number of nitrogens with zero attached hydrogens (tertiary/aromatic N) is 2. The summed E-state index contributed by atoms with van der Waals surface area (Å²) in [6.07, 6.45) is 3.63. The first-order valence-corrected chi connectivity index (χ1v) is 7.90. The molecule has 20 heavy (non-hydrogen) atoms. The van der Waals surface area contributed by atoms with Gasteiger partial charge in [-0.25, -0.2) is 0 Å². The second-order valence-electron chi connectivity index (χ2n) is 4.97.